The van der Waals surface area contributed by atoms with Gasteiger partial charge in [0.1, 0.15) is 23.2 Å². The Morgan fingerprint density at radius 2 is 0.723 bits per heavy atom. The third-order valence-electron chi connectivity index (χ3n) is 9.09. The molecule has 0 radical (unpaired) electrons. The summed E-state index contributed by atoms with van der Waals surface area (Å²) in [5.74, 6) is 1.14. The number of rotatable bonds is 6. The standard InChI is InChI=1S/C42H30N2O3/c1-5-15-27(16-6-1)35-37(29-19-9-3-10-20-29)46-41(43-35)33-25-13-23-31-32-24-14-26-34(40(32)45-39(31)33)42-44-36(28-17-7-2-8-18-28)38(47-42)30-21-11-4-12-22-30/h1-26,35-38H/t35-,36-,37-,38-/m1/s1. The average molecular weight is 611 g/mol. The molecule has 6 aromatic carbocycles. The Bertz CT molecular complexity index is 2100. The summed E-state index contributed by atoms with van der Waals surface area (Å²) in [6.07, 6.45) is -0.509. The van der Waals surface area contributed by atoms with Gasteiger partial charge in [-0.1, -0.05) is 146 Å². The number of nitrogens with zero attached hydrogens (tertiary/aromatic N) is 2. The van der Waals surface area contributed by atoms with Crippen LogP contribution in [0.2, 0.25) is 0 Å². The van der Waals surface area contributed by atoms with Crippen LogP contribution in [0, 0.1) is 0 Å². The van der Waals surface area contributed by atoms with Crippen LogP contribution in [0.3, 0.4) is 0 Å². The maximum Gasteiger partial charge on any atom is 0.221 e. The van der Waals surface area contributed by atoms with E-state index in [4.69, 9.17) is 23.9 Å². The van der Waals surface area contributed by atoms with Gasteiger partial charge in [0.15, 0.2) is 12.2 Å². The highest BCUT2D eigenvalue weighted by molar-refractivity contribution is 6.17. The van der Waals surface area contributed by atoms with Crippen LogP contribution in [0.15, 0.2) is 172 Å². The van der Waals surface area contributed by atoms with Crippen molar-refractivity contribution >= 4 is 33.7 Å². The average Bonchev–Trinajstić information content (AvgIpc) is 3.89. The zero-order valence-corrected chi connectivity index (χ0v) is 25.4. The lowest BCUT2D eigenvalue weighted by molar-refractivity contribution is 0.197. The van der Waals surface area contributed by atoms with Gasteiger partial charge < -0.3 is 13.9 Å². The fraction of sp³-hybridized carbons (Fsp3) is 0.0952. The van der Waals surface area contributed by atoms with E-state index in [0.717, 1.165) is 55.3 Å². The van der Waals surface area contributed by atoms with Crippen molar-refractivity contribution in [2.45, 2.75) is 24.3 Å². The zero-order chi connectivity index (χ0) is 31.2. The van der Waals surface area contributed by atoms with E-state index in [2.05, 4.69) is 60.7 Å². The normalized spacial score (nSPS) is 20.5. The highest BCUT2D eigenvalue weighted by Crippen LogP contribution is 2.45. The second-order valence-electron chi connectivity index (χ2n) is 11.9. The van der Waals surface area contributed by atoms with E-state index in [1.165, 1.54) is 0 Å². The van der Waals surface area contributed by atoms with Crippen LogP contribution < -0.4 is 0 Å². The summed E-state index contributed by atoms with van der Waals surface area (Å²) in [7, 11) is 0. The fourth-order valence-corrected chi connectivity index (χ4v) is 6.83. The lowest BCUT2D eigenvalue weighted by Crippen LogP contribution is -2.09. The second kappa shape index (κ2) is 11.5. The highest BCUT2D eigenvalue weighted by Gasteiger charge is 2.37. The van der Waals surface area contributed by atoms with Gasteiger partial charge in [0, 0.05) is 10.8 Å². The molecule has 4 atom stereocenters. The van der Waals surface area contributed by atoms with Gasteiger partial charge in [-0.25, -0.2) is 9.98 Å². The molecule has 5 heteroatoms. The summed E-state index contributed by atoms with van der Waals surface area (Å²) in [5, 5.41) is 1.98. The van der Waals surface area contributed by atoms with Crippen molar-refractivity contribution < 1.29 is 13.9 Å². The Kier molecular flexibility index (Phi) is 6.67. The van der Waals surface area contributed by atoms with Crippen molar-refractivity contribution in [1.82, 2.24) is 0 Å². The first-order valence-corrected chi connectivity index (χ1v) is 16.0. The number of para-hydroxylation sites is 2. The molecule has 2 aliphatic rings. The van der Waals surface area contributed by atoms with E-state index in [9.17, 15) is 0 Å². The molecule has 226 valence electrons. The van der Waals surface area contributed by atoms with E-state index >= 15 is 0 Å². The molecule has 2 aliphatic heterocycles. The number of fused-ring (bicyclic) bond motifs is 3. The number of hydrogen-bond acceptors (Lipinski definition) is 5. The van der Waals surface area contributed by atoms with Gasteiger partial charge in [0.25, 0.3) is 0 Å². The summed E-state index contributed by atoms with van der Waals surface area (Å²) < 4.78 is 20.2. The summed E-state index contributed by atoms with van der Waals surface area (Å²) >= 11 is 0. The van der Waals surface area contributed by atoms with E-state index in [0.29, 0.717) is 11.8 Å². The van der Waals surface area contributed by atoms with Crippen LogP contribution >= 0.6 is 0 Å². The second-order valence-corrected chi connectivity index (χ2v) is 11.9. The maximum atomic E-state index is 6.78. The molecule has 0 saturated heterocycles. The van der Waals surface area contributed by atoms with Crippen molar-refractivity contribution in [1.29, 1.82) is 0 Å². The quantitative estimate of drug-likeness (QED) is 0.188. The molecule has 9 rings (SSSR count). The summed E-state index contributed by atoms with van der Waals surface area (Å²) in [6.45, 7) is 0. The van der Waals surface area contributed by atoms with E-state index in [1.54, 1.807) is 0 Å². The smallest absolute Gasteiger partial charge is 0.221 e. The summed E-state index contributed by atoms with van der Waals surface area (Å²) in [4.78, 5) is 10.4. The van der Waals surface area contributed by atoms with E-state index in [-0.39, 0.29) is 24.3 Å². The fourth-order valence-electron chi connectivity index (χ4n) is 6.83. The molecule has 5 nitrogen and oxygen atoms in total. The number of benzene rings is 6. The van der Waals surface area contributed by atoms with Crippen LogP contribution in [0.4, 0.5) is 0 Å². The Labute approximate surface area is 272 Å². The first-order chi connectivity index (χ1) is 23.3. The Balaban J connectivity index is 1.15. The number of aliphatic imine (C=N–C) groups is 2. The molecule has 3 heterocycles. The van der Waals surface area contributed by atoms with Crippen molar-refractivity contribution in [2.75, 3.05) is 0 Å². The van der Waals surface area contributed by atoms with Gasteiger partial charge in [0.2, 0.25) is 11.8 Å². The summed E-state index contributed by atoms with van der Waals surface area (Å²) in [5.41, 5.74) is 7.47. The van der Waals surface area contributed by atoms with Crippen LogP contribution in [-0.2, 0) is 9.47 Å². The predicted octanol–water partition coefficient (Wildman–Crippen LogP) is 10.1. The van der Waals surface area contributed by atoms with Crippen molar-refractivity contribution in [2.24, 2.45) is 9.98 Å². The molecule has 0 spiro atoms. The van der Waals surface area contributed by atoms with Crippen LogP contribution in [-0.4, -0.2) is 11.8 Å². The van der Waals surface area contributed by atoms with E-state index in [1.807, 2.05) is 97.1 Å². The van der Waals surface area contributed by atoms with Crippen molar-refractivity contribution in [3.8, 4) is 0 Å². The molecule has 0 N–H and O–H groups in total. The van der Waals surface area contributed by atoms with Gasteiger partial charge in [0.05, 0.1) is 11.1 Å². The largest absolute Gasteiger partial charge is 0.466 e. The van der Waals surface area contributed by atoms with Crippen LogP contribution in [0.1, 0.15) is 57.7 Å². The minimum atomic E-state index is -0.255. The van der Waals surface area contributed by atoms with Crippen molar-refractivity contribution in [3.05, 3.63) is 191 Å². The number of ether oxygens (including phenoxy) is 2. The van der Waals surface area contributed by atoms with Crippen molar-refractivity contribution in [3.63, 3.8) is 0 Å². The Morgan fingerprint density at radius 1 is 0.362 bits per heavy atom. The molecule has 0 aliphatic carbocycles. The molecule has 0 unspecified atom stereocenters. The van der Waals surface area contributed by atoms with E-state index < -0.39 is 0 Å². The van der Waals surface area contributed by atoms with Gasteiger partial charge in [-0.05, 0) is 34.4 Å². The van der Waals surface area contributed by atoms with Crippen LogP contribution in [0.5, 0.6) is 0 Å². The molecule has 0 fully saturated rings. The molecular weight excluding hydrogens is 580 g/mol. The monoisotopic (exact) mass is 610 g/mol. The number of hydrogen-bond donors (Lipinski definition) is 0. The van der Waals surface area contributed by atoms with Crippen LogP contribution in [0.25, 0.3) is 21.9 Å². The predicted molar refractivity (Wildman–Crippen MR) is 186 cm³/mol. The first-order valence-electron chi connectivity index (χ1n) is 16.0. The molecule has 0 bridgehead atoms. The van der Waals surface area contributed by atoms with Gasteiger partial charge in [-0.3, -0.25) is 0 Å². The maximum absolute atomic E-state index is 6.78. The molecule has 1 aromatic heterocycles. The molecule has 7 aromatic rings. The lowest BCUT2D eigenvalue weighted by Gasteiger charge is -2.18. The third kappa shape index (κ3) is 4.79. The highest BCUT2D eigenvalue weighted by atomic mass is 16.5. The SMILES string of the molecule is c1ccc([C@H]2N=C(c3cccc4c3oc3c(C5=N[C@H](c6ccccc6)[C@@H](c6ccccc6)O5)cccc34)O[C@@H]2c2ccccc2)cc1. The molecule has 0 saturated carbocycles. The molecular formula is C42H30N2O3. The lowest BCUT2D eigenvalue weighted by atomic mass is 9.97. The minimum Gasteiger partial charge on any atom is -0.466 e. The Hall–Kier alpha value is -5.94. The molecule has 0 amide bonds. The Morgan fingerprint density at radius 3 is 1.11 bits per heavy atom. The third-order valence-corrected chi connectivity index (χ3v) is 9.09. The zero-order valence-electron chi connectivity index (χ0n) is 25.4. The van der Waals surface area contributed by atoms with Gasteiger partial charge in [-0.15, -0.1) is 0 Å². The topological polar surface area (TPSA) is 56.3 Å². The first kappa shape index (κ1) is 27.4. The summed E-state index contributed by atoms with van der Waals surface area (Å²) in [6, 6.07) is 53.2. The van der Waals surface area contributed by atoms with Gasteiger partial charge in [-0.2, -0.15) is 0 Å². The minimum absolute atomic E-state index is 0.185. The molecule has 47 heavy (non-hydrogen) atoms. The van der Waals surface area contributed by atoms with Gasteiger partial charge >= 0.3 is 0 Å². The number of furan rings is 1.